The van der Waals surface area contributed by atoms with Crippen LogP contribution in [-0.2, 0) is 4.74 Å². The van der Waals surface area contributed by atoms with Gasteiger partial charge in [0.15, 0.2) is 0 Å². The van der Waals surface area contributed by atoms with E-state index in [2.05, 4.69) is 4.98 Å². The van der Waals surface area contributed by atoms with E-state index < -0.39 is 9.76 Å². The first-order valence-electron chi connectivity index (χ1n) is 3.85. The second-order valence-corrected chi connectivity index (χ2v) is 5.98. The van der Waals surface area contributed by atoms with Gasteiger partial charge in [0.1, 0.15) is 16.9 Å². The maximum atomic E-state index is 11.5. The van der Waals surface area contributed by atoms with E-state index in [0.717, 1.165) is 0 Å². The minimum atomic E-state index is -1.66. The number of halogens is 5. The first-order valence-corrected chi connectivity index (χ1v) is 5.74. The monoisotopic (exact) mass is 321 g/mol. The highest BCUT2D eigenvalue weighted by atomic mass is 35.6. The third-order valence-corrected chi connectivity index (χ3v) is 2.08. The molecule has 0 bridgehead atoms. The molecule has 0 radical (unpaired) electrons. The van der Waals surface area contributed by atoms with Gasteiger partial charge in [-0.3, -0.25) is 0 Å². The van der Waals surface area contributed by atoms with Crippen LogP contribution >= 0.6 is 58.0 Å². The summed E-state index contributed by atoms with van der Waals surface area (Å²) < 4.78 is 3.07. The summed E-state index contributed by atoms with van der Waals surface area (Å²) in [6.07, 6.45) is 0. The maximum absolute atomic E-state index is 11.5. The molecule has 0 aromatic carbocycles. The number of pyridine rings is 1. The van der Waals surface area contributed by atoms with Gasteiger partial charge in [-0.15, -0.1) is 0 Å². The van der Waals surface area contributed by atoms with Crippen molar-refractivity contribution in [2.75, 3.05) is 6.61 Å². The van der Waals surface area contributed by atoms with Crippen molar-refractivity contribution in [3.63, 3.8) is 0 Å². The van der Waals surface area contributed by atoms with Gasteiger partial charge in [-0.1, -0.05) is 58.0 Å². The van der Waals surface area contributed by atoms with Crippen LogP contribution in [0.25, 0.3) is 0 Å². The van der Waals surface area contributed by atoms with E-state index in [0.29, 0.717) is 0 Å². The Bertz CT molecular complexity index is 384. The van der Waals surface area contributed by atoms with E-state index in [1.165, 1.54) is 12.1 Å². The molecule has 0 aliphatic rings. The Morgan fingerprint density at radius 3 is 2.19 bits per heavy atom. The predicted molar refractivity (Wildman–Crippen MR) is 64.8 cm³/mol. The van der Waals surface area contributed by atoms with E-state index in [-0.39, 0.29) is 22.5 Å². The van der Waals surface area contributed by atoms with Crippen molar-refractivity contribution in [2.45, 2.75) is 3.79 Å². The van der Waals surface area contributed by atoms with E-state index in [1.54, 1.807) is 0 Å². The van der Waals surface area contributed by atoms with E-state index in [1.807, 2.05) is 0 Å². The molecule has 3 nitrogen and oxygen atoms in total. The normalized spacial score (nSPS) is 11.3. The van der Waals surface area contributed by atoms with Gasteiger partial charge in [-0.2, -0.15) is 0 Å². The van der Waals surface area contributed by atoms with Gasteiger partial charge in [0, 0.05) is 0 Å². The van der Waals surface area contributed by atoms with Crippen LogP contribution in [0.3, 0.4) is 0 Å². The summed E-state index contributed by atoms with van der Waals surface area (Å²) >= 11 is 27.5. The van der Waals surface area contributed by atoms with Crippen molar-refractivity contribution in [3.05, 3.63) is 28.0 Å². The molecule has 0 amide bonds. The summed E-state index contributed by atoms with van der Waals surface area (Å²) in [5.74, 6) is -0.697. The SMILES string of the molecule is O=C(OCC(Cl)(Cl)Cl)c1cc(Cl)nc(Cl)c1. The number of hydrogen-bond donors (Lipinski definition) is 0. The lowest BCUT2D eigenvalue weighted by Crippen LogP contribution is -2.17. The zero-order chi connectivity index (χ0) is 12.3. The first-order chi connectivity index (χ1) is 7.28. The fourth-order valence-corrected chi connectivity index (χ4v) is 1.44. The molecule has 16 heavy (non-hydrogen) atoms. The standard InChI is InChI=1S/C8H4Cl5NO2/c9-5-1-4(2-6(10)14-5)7(15)16-3-8(11,12)13/h1-2H,3H2. The maximum Gasteiger partial charge on any atom is 0.338 e. The van der Waals surface area contributed by atoms with Gasteiger partial charge >= 0.3 is 5.97 Å². The lowest BCUT2D eigenvalue weighted by atomic mass is 10.3. The van der Waals surface area contributed by atoms with Crippen LogP contribution in [0, 0.1) is 0 Å². The number of carbonyl (C=O) groups excluding carboxylic acids is 1. The number of hydrogen-bond acceptors (Lipinski definition) is 3. The molecule has 0 saturated carbocycles. The van der Waals surface area contributed by atoms with Crippen LogP contribution in [-0.4, -0.2) is 21.4 Å². The fourth-order valence-electron chi connectivity index (χ4n) is 0.813. The Labute approximate surface area is 117 Å². The molecule has 0 spiro atoms. The van der Waals surface area contributed by atoms with Gasteiger partial charge in [-0.05, 0) is 12.1 Å². The van der Waals surface area contributed by atoms with Crippen molar-refractivity contribution < 1.29 is 9.53 Å². The highest BCUT2D eigenvalue weighted by Crippen LogP contribution is 2.26. The average Bonchev–Trinajstić information content (AvgIpc) is 2.11. The van der Waals surface area contributed by atoms with E-state index in [9.17, 15) is 4.79 Å². The topological polar surface area (TPSA) is 39.2 Å². The van der Waals surface area contributed by atoms with Crippen LogP contribution in [0.5, 0.6) is 0 Å². The smallest absolute Gasteiger partial charge is 0.338 e. The molecule has 0 unspecified atom stereocenters. The molecular weight excluding hydrogens is 319 g/mol. The Morgan fingerprint density at radius 1 is 1.25 bits per heavy atom. The van der Waals surface area contributed by atoms with Crippen molar-refractivity contribution >= 4 is 64.0 Å². The van der Waals surface area contributed by atoms with Crippen molar-refractivity contribution in [2.24, 2.45) is 0 Å². The molecular formula is C8H4Cl5NO2. The second-order valence-electron chi connectivity index (χ2n) is 2.69. The van der Waals surface area contributed by atoms with Crippen molar-refractivity contribution in [1.29, 1.82) is 0 Å². The largest absolute Gasteiger partial charge is 0.458 e. The van der Waals surface area contributed by atoms with Gasteiger partial charge in [0.25, 0.3) is 0 Å². The molecule has 88 valence electrons. The number of aromatic nitrogens is 1. The van der Waals surface area contributed by atoms with Gasteiger partial charge in [0.2, 0.25) is 3.79 Å². The van der Waals surface area contributed by atoms with E-state index >= 15 is 0 Å². The Morgan fingerprint density at radius 2 is 1.75 bits per heavy atom. The fraction of sp³-hybridized carbons (Fsp3) is 0.250. The van der Waals surface area contributed by atoms with Gasteiger partial charge in [-0.25, -0.2) is 9.78 Å². The van der Waals surface area contributed by atoms with Crippen molar-refractivity contribution in [3.8, 4) is 0 Å². The summed E-state index contributed by atoms with van der Waals surface area (Å²) in [5.41, 5.74) is 0.138. The second kappa shape index (κ2) is 5.61. The molecule has 8 heteroatoms. The van der Waals surface area contributed by atoms with Crippen LogP contribution in [0.1, 0.15) is 10.4 Å². The molecule has 0 aliphatic carbocycles. The highest BCUT2D eigenvalue weighted by molar-refractivity contribution is 6.67. The number of nitrogens with zero attached hydrogens (tertiary/aromatic N) is 1. The lowest BCUT2D eigenvalue weighted by Gasteiger charge is -2.11. The molecule has 0 fully saturated rings. The molecule has 1 rings (SSSR count). The minimum Gasteiger partial charge on any atom is -0.458 e. The number of ether oxygens (including phenoxy) is 1. The molecule has 0 N–H and O–H groups in total. The third kappa shape index (κ3) is 4.93. The highest BCUT2D eigenvalue weighted by Gasteiger charge is 2.22. The molecule has 1 aromatic heterocycles. The third-order valence-electron chi connectivity index (χ3n) is 1.37. The Balaban J connectivity index is 2.73. The Hall–Kier alpha value is 0.0700. The summed E-state index contributed by atoms with van der Waals surface area (Å²) in [7, 11) is 0. The summed E-state index contributed by atoms with van der Waals surface area (Å²) in [5, 5.41) is 0.154. The van der Waals surface area contributed by atoms with Gasteiger partial charge in [0.05, 0.1) is 5.56 Å². The van der Waals surface area contributed by atoms with Crippen molar-refractivity contribution in [1.82, 2.24) is 4.98 Å². The number of carbonyl (C=O) groups is 1. The van der Waals surface area contributed by atoms with Crippen LogP contribution in [0.4, 0.5) is 0 Å². The van der Waals surface area contributed by atoms with E-state index in [4.69, 9.17) is 62.7 Å². The number of alkyl halides is 3. The van der Waals surface area contributed by atoms with Crippen LogP contribution < -0.4 is 0 Å². The van der Waals surface area contributed by atoms with Crippen LogP contribution in [0.15, 0.2) is 12.1 Å². The Kier molecular flexibility index (Phi) is 4.95. The zero-order valence-electron chi connectivity index (χ0n) is 7.52. The first kappa shape index (κ1) is 14.1. The predicted octanol–water partition coefficient (Wildman–Crippen LogP) is 3.92. The van der Waals surface area contributed by atoms with Gasteiger partial charge < -0.3 is 4.74 Å². The number of esters is 1. The number of rotatable bonds is 2. The van der Waals surface area contributed by atoms with Crippen LogP contribution in [0.2, 0.25) is 10.3 Å². The summed E-state index contributed by atoms with van der Waals surface area (Å²) in [6, 6.07) is 2.60. The summed E-state index contributed by atoms with van der Waals surface area (Å²) in [4.78, 5) is 15.1. The minimum absolute atomic E-state index is 0.0772. The summed E-state index contributed by atoms with van der Waals surface area (Å²) in [6.45, 7) is -0.367. The average molecular weight is 323 g/mol. The quantitative estimate of drug-likeness (QED) is 0.470. The molecule has 1 aromatic rings. The zero-order valence-corrected chi connectivity index (χ0v) is 11.3. The molecule has 0 atom stereocenters. The molecule has 1 heterocycles. The lowest BCUT2D eigenvalue weighted by molar-refractivity contribution is 0.0512. The molecule has 0 aliphatic heterocycles. The molecule has 0 saturated heterocycles.